The molecule has 0 aliphatic carbocycles. The van der Waals surface area contributed by atoms with E-state index in [1.165, 1.54) is 5.56 Å². The van der Waals surface area contributed by atoms with Crippen LogP contribution in [0, 0.1) is 6.92 Å². The first kappa shape index (κ1) is 9.49. The van der Waals surface area contributed by atoms with Gasteiger partial charge in [-0.1, -0.05) is 12.1 Å². The van der Waals surface area contributed by atoms with Crippen LogP contribution in [0.2, 0.25) is 0 Å². The molecule has 14 heavy (non-hydrogen) atoms. The largest absolute Gasteiger partial charge is 0.388 e. The summed E-state index contributed by atoms with van der Waals surface area (Å²) in [6.45, 7) is 3.06. The number of aryl methyl sites for hydroxylation is 1. The summed E-state index contributed by atoms with van der Waals surface area (Å²) < 4.78 is 5.16. The molecular weight excluding hydrogens is 178 g/mol. The highest BCUT2D eigenvalue weighted by Crippen LogP contribution is 2.15. The van der Waals surface area contributed by atoms with Gasteiger partial charge in [0.05, 0.1) is 25.4 Å². The van der Waals surface area contributed by atoms with Gasteiger partial charge in [0.2, 0.25) is 0 Å². The van der Waals surface area contributed by atoms with E-state index < -0.39 is 6.10 Å². The molecule has 1 aromatic carbocycles. The molecule has 0 radical (unpaired) electrons. The average Bonchev–Trinajstić information content (AvgIpc) is 2.52. The molecule has 1 fully saturated rings. The first-order chi connectivity index (χ1) is 6.75. The molecule has 0 spiro atoms. The van der Waals surface area contributed by atoms with E-state index in [1.54, 1.807) is 0 Å². The van der Waals surface area contributed by atoms with Crippen molar-refractivity contribution < 1.29 is 9.84 Å². The highest BCUT2D eigenvalue weighted by atomic mass is 16.5. The van der Waals surface area contributed by atoms with Gasteiger partial charge in [-0.25, -0.2) is 0 Å². The van der Waals surface area contributed by atoms with Crippen LogP contribution in [0.3, 0.4) is 0 Å². The van der Waals surface area contributed by atoms with Crippen LogP contribution in [-0.4, -0.2) is 30.5 Å². The third-order valence-electron chi connectivity index (χ3n) is 2.42. The third-order valence-corrected chi connectivity index (χ3v) is 2.42. The van der Waals surface area contributed by atoms with Crippen LogP contribution in [-0.2, 0) is 4.74 Å². The summed E-state index contributed by atoms with van der Waals surface area (Å²) in [5.74, 6) is 0. The van der Waals surface area contributed by atoms with Crippen molar-refractivity contribution in [1.82, 2.24) is 0 Å². The molecule has 0 saturated carbocycles. The molecule has 1 aromatic rings. The van der Waals surface area contributed by atoms with Gasteiger partial charge in [0.25, 0.3) is 0 Å². The Labute approximate surface area is 83.7 Å². The van der Waals surface area contributed by atoms with Crippen molar-refractivity contribution in [1.29, 1.82) is 0 Å². The molecule has 0 bridgehead atoms. The monoisotopic (exact) mass is 193 g/mol. The minimum Gasteiger partial charge on any atom is -0.388 e. The number of anilines is 1. The Bertz CT molecular complexity index is 314. The summed E-state index contributed by atoms with van der Waals surface area (Å²) >= 11 is 0. The number of hydrogen-bond acceptors (Lipinski definition) is 3. The lowest BCUT2D eigenvalue weighted by atomic mass is 10.1. The Morgan fingerprint density at radius 1 is 1.43 bits per heavy atom. The SMILES string of the molecule is Cc1cccc(N[C@@H]2COC[C@@H]2O)c1. The van der Waals surface area contributed by atoms with Gasteiger partial charge in [0.15, 0.2) is 0 Å². The predicted octanol–water partition coefficient (Wildman–Crippen LogP) is 1.17. The predicted molar refractivity (Wildman–Crippen MR) is 55.4 cm³/mol. The van der Waals surface area contributed by atoms with E-state index in [2.05, 4.69) is 11.4 Å². The molecule has 0 unspecified atom stereocenters. The van der Waals surface area contributed by atoms with Gasteiger partial charge < -0.3 is 15.2 Å². The fourth-order valence-corrected chi connectivity index (χ4v) is 1.63. The van der Waals surface area contributed by atoms with E-state index in [9.17, 15) is 5.11 Å². The minimum atomic E-state index is -0.393. The van der Waals surface area contributed by atoms with Gasteiger partial charge in [0, 0.05) is 5.69 Å². The maximum absolute atomic E-state index is 9.53. The number of ether oxygens (including phenoxy) is 1. The molecule has 2 rings (SSSR count). The zero-order valence-electron chi connectivity index (χ0n) is 8.23. The molecule has 76 valence electrons. The standard InChI is InChI=1S/C11H15NO2/c1-8-3-2-4-9(5-8)12-10-6-14-7-11(10)13/h2-5,10-13H,6-7H2,1H3/t10-,11+/m1/s1. The lowest BCUT2D eigenvalue weighted by molar-refractivity contribution is 0.125. The molecule has 1 aliphatic rings. The van der Waals surface area contributed by atoms with E-state index >= 15 is 0 Å². The normalized spacial score (nSPS) is 26.4. The Morgan fingerprint density at radius 2 is 2.29 bits per heavy atom. The third kappa shape index (κ3) is 2.05. The lowest BCUT2D eigenvalue weighted by Crippen LogP contribution is -2.31. The number of benzene rings is 1. The van der Waals surface area contributed by atoms with E-state index in [0.717, 1.165) is 5.69 Å². The van der Waals surface area contributed by atoms with Crippen LogP contribution >= 0.6 is 0 Å². The molecule has 0 amide bonds. The highest BCUT2D eigenvalue weighted by molar-refractivity contribution is 5.46. The minimum absolute atomic E-state index is 0.0248. The number of hydrogen-bond donors (Lipinski definition) is 2. The zero-order valence-corrected chi connectivity index (χ0v) is 8.23. The van der Waals surface area contributed by atoms with Crippen molar-refractivity contribution in [2.75, 3.05) is 18.5 Å². The summed E-state index contributed by atoms with van der Waals surface area (Å²) in [6.07, 6.45) is -0.393. The van der Waals surface area contributed by atoms with Crippen LogP contribution in [0.15, 0.2) is 24.3 Å². The fraction of sp³-hybridized carbons (Fsp3) is 0.455. The average molecular weight is 193 g/mol. The van der Waals surface area contributed by atoms with Crippen LogP contribution in [0.25, 0.3) is 0 Å². The summed E-state index contributed by atoms with van der Waals surface area (Å²) in [6, 6.07) is 8.13. The van der Waals surface area contributed by atoms with Crippen LogP contribution in [0.1, 0.15) is 5.56 Å². The Kier molecular flexibility index (Phi) is 2.70. The van der Waals surface area contributed by atoms with Crippen molar-refractivity contribution in [2.24, 2.45) is 0 Å². The van der Waals surface area contributed by atoms with Gasteiger partial charge in [-0.3, -0.25) is 0 Å². The number of rotatable bonds is 2. The Balaban J connectivity index is 2.03. The van der Waals surface area contributed by atoms with Crippen molar-refractivity contribution in [3.63, 3.8) is 0 Å². The van der Waals surface area contributed by atoms with Crippen molar-refractivity contribution in [2.45, 2.75) is 19.1 Å². The van der Waals surface area contributed by atoms with Gasteiger partial charge >= 0.3 is 0 Å². The maximum atomic E-state index is 9.53. The quantitative estimate of drug-likeness (QED) is 0.740. The van der Waals surface area contributed by atoms with Gasteiger partial charge in [-0.2, -0.15) is 0 Å². The van der Waals surface area contributed by atoms with Crippen LogP contribution < -0.4 is 5.32 Å². The number of aliphatic hydroxyl groups excluding tert-OH is 1. The van der Waals surface area contributed by atoms with E-state index in [4.69, 9.17) is 4.74 Å². The van der Waals surface area contributed by atoms with E-state index in [-0.39, 0.29) is 6.04 Å². The molecule has 3 heteroatoms. The van der Waals surface area contributed by atoms with Gasteiger partial charge in [0.1, 0.15) is 0 Å². The van der Waals surface area contributed by atoms with Gasteiger partial charge in [-0.05, 0) is 24.6 Å². The second kappa shape index (κ2) is 3.98. The number of nitrogens with one attached hydrogen (secondary N) is 1. The Morgan fingerprint density at radius 3 is 2.93 bits per heavy atom. The summed E-state index contributed by atoms with van der Waals surface area (Å²) in [7, 11) is 0. The van der Waals surface area contributed by atoms with Gasteiger partial charge in [-0.15, -0.1) is 0 Å². The van der Waals surface area contributed by atoms with Crippen LogP contribution in [0.4, 0.5) is 5.69 Å². The van der Waals surface area contributed by atoms with Crippen molar-refractivity contribution >= 4 is 5.69 Å². The molecule has 1 aliphatic heterocycles. The first-order valence-corrected chi connectivity index (χ1v) is 4.85. The summed E-state index contributed by atoms with van der Waals surface area (Å²) in [5.41, 5.74) is 2.25. The second-order valence-electron chi connectivity index (χ2n) is 3.73. The molecule has 1 saturated heterocycles. The zero-order chi connectivity index (χ0) is 9.97. The number of aliphatic hydroxyl groups is 1. The smallest absolute Gasteiger partial charge is 0.0996 e. The van der Waals surface area contributed by atoms with Crippen molar-refractivity contribution in [3.05, 3.63) is 29.8 Å². The highest BCUT2D eigenvalue weighted by Gasteiger charge is 2.25. The molecule has 2 N–H and O–H groups in total. The molecular formula is C11H15NO2. The van der Waals surface area contributed by atoms with E-state index in [0.29, 0.717) is 13.2 Å². The summed E-state index contributed by atoms with van der Waals surface area (Å²) in [5, 5.41) is 12.8. The summed E-state index contributed by atoms with van der Waals surface area (Å²) in [4.78, 5) is 0. The first-order valence-electron chi connectivity index (χ1n) is 4.85. The van der Waals surface area contributed by atoms with Crippen molar-refractivity contribution in [3.8, 4) is 0 Å². The molecule has 0 aromatic heterocycles. The maximum Gasteiger partial charge on any atom is 0.0996 e. The topological polar surface area (TPSA) is 41.5 Å². The fourth-order valence-electron chi connectivity index (χ4n) is 1.63. The van der Waals surface area contributed by atoms with Crippen LogP contribution in [0.5, 0.6) is 0 Å². The molecule has 2 atom stereocenters. The second-order valence-corrected chi connectivity index (χ2v) is 3.73. The Hall–Kier alpha value is -1.06. The molecule has 1 heterocycles. The van der Waals surface area contributed by atoms with E-state index in [1.807, 2.05) is 25.1 Å². The lowest BCUT2D eigenvalue weighted by Gasteiger charge is -2.16. The molecule has 3 nitrogen and oxygen atoms in total.